The van der Waals surface area contributed by atoms with E-state index in [-0.39, 0.29) is 18.4 Å². The molecule has 1 heterocycles. The number of nitrogens with two attached hydrogens (primary N) is 1. The molecule has 0 aromatic carbocycles. The first kappa shape index (κ1) is 9.39. The van der Waals surface area contributed by atoms with E-state index >= 15 is 0 Å². The van der Waals surface area contributed by atoms with E-state index in [1.54, 1.807) is 6.92 Å². The molecular formula is C5H10ClN3O. The van der Waals surface area contributed by atoms with Crippen LogP contribution in [0.15, 0.2) is 4.52 Å². The Hall–Kier alpha value is -0.610. The van der Waals surface area contributed by atoms with E-state index in [0.29, 0.717) is 11.7 Å². The Labute approximate surface area is 65.2 Å². The highest BCUT2D eigenvalue weighted by Crippen LogP contribution is 2.02. The molecule has 4 nitrogen and oxygen atoms in total. The van der Waals surface area contributed by atoms with Crippen LogP contribution in [-0.2, 0) is 0 Å². The van der Waals surface area contributed by atoms with Gasteiger partial charge in [-0.3, -0.25) is 0 Å². The van der Waals surface area contributed by atoms with Gasteiger partial charge in [0.25, 0.3) is 0 Å². The van der Waals surface area contributed by atoms with Crippen molar-refractivity contribution >= 4 is 12.4 Å². The Morgan fingerprint density at radius 3 is 2.40 bits per heavy atom. The molecule has 0 saturated heterocycles. The summed E-state index contributed by atoms with van der Waals surface area (Å²) in [5.74, 6) is 1.12. The smallest absolute Gasteiger partial charge is 0.223 e. The minimum Gasteiger partial charge on any atom is -0.340 e. The number of hydrogen-bond donors (Lipinski definition) is 1. The minimum absolute atomic E-state index is 0. The Kier molecular flexibility index (Phi) is 3.32. The topological polar surface area (TPSA) is 64.9 Å². The molecule has 0 amide bonds. The van der Waals surface area contributed by atoms with Gasteiger partial charge in [-0.25, -0.2) is 0 Å². The maximum atomic E-state index is 5.44. The number of aromatic nitrogens is 2. The van der Waals surface area contributed by atoms with Crippen molar-refractivity contribution in [2.75, 3.05) is 0 Å². The fourth-order valence-electron chi connectivity index (χ4n) is 0.500. The predicted molar refractivity (Wildman–Crippen MR) is 38.9 cm³/mol. The van der Waals surface area contributed by atoms with Gasteiger partial charge in [0.05, 0.1) is 6.04 Å². The van der Waals surface area contributed by atoms with Crippen LogP contribution in [0.1, 0.15) is 24.7 Å². The highest BCUT2D eigenvalue weighted by atomic mass is 35.5. The third-order valence-electron chi connectivity index (χ3n) is 0.951. The van der Waals surface area contributed by atoms with E-state index in [1.807, 2.05) is 6.92 Å². The second kappa shape index (κ2) is 3.53. The van der Waals surface area contributed by atoms with Gasteiger partial charge in [-0.1, -0.05) is 5.16 Å². The van der Waals surface area contributed by atoms with E-state index in [4.69, 9.17) is 5.73 Å². The zero-order chi connectivity index (χ0) is 6.85. The molecule has 1 rings (SSSR count). The fourth-order valence-corrected chi connectivity index (χ4v) is 0.500. The van der Waals surface area contributed by atoms with Crippen molar-refractivity contribution in [2.24, 2.45) is 5.73 Å². The van der Waals surface area contributed by atoms with Crippen molar-refractivity contribution in [2.45, 2.75) is 19.9 Å². The molecule has 0 radical (unpaired) electrons. The average molecular weight is 164 g/mol. The maximum Gasteiger partial charge on any atom is 0.223 e. The Morgan fingerprint density at radius 1 is 1.60 bits per heavy atom. The number of aryl methyl sites for hydroxylation is 1. The molecule has 1 aromatic heterocycles. The van der Waals surface area contributed by atoms with E-state index in [1.165, 1.54) is 0 Å². The van der Waals surface area contributed by atoms with Crippen LogP contribution < -0.4 is 5.73 Å². The lowest BCUT2D eigenvalue weighted by Crippen LogP contribution is -2.06. The lowest BCUT2D eigenvalue weighted by molar-refractivity contribution is 0.384. The molecule has 0 fully saturated rings. The van der Waals surface area contributed by atoms with Crippen LogP contribution in [0.25, 0.3) is 0 Å². The first-order chi connectivity index (χ1) is 4.20. The molecule has 0 aliphatic carbocycles. The summed E-state index contributed by atoms with van der Waals surface area (Å²) in [5.41, 5.74) is 5.44. The molecule has 0 aliphatic heterocycles. The normalized spacial score (nSPS) is 12.3. The third kappa shape index (κ3) is 1.97. The van der Waals surface area contributed by atoms with Crippen LogP contribution in [0.2, 0.25) is 0 Å². The molecule has 58 valence electrons. The zero-order valence-corrected chi connectivity index (χ0v) is 6.68. The summed E-state index contributed by atoms with van der Waals surface area (Å²) >= 11 is 0. The minimum atomic E-state index is -0.137. The molecule has 1 atom stereocenters. The van der Waals surface area contributed by atoms with Gasteiger partial charge >= 0.3 is 0 Å². The van der Waals surface area contributed by atoms with Crippen LogP contribution in [0.3, 0.4) is 0 Å². The molecule has 2 N–H and O–H groups in total. The number of nitrogens with zero attached hydrogens (tertiary/aromatic N) is 2. The molecule has 5 heteroatoms. The third-order valence-corrected chi connectivity index (χ3v) is 0.951. The monoisotopic (exact) mass is 163 g/mol. The molecule has 1 aromatic rings. The van der Waals surface area contributed by atoms with Crippen LogP contribution in [0.4, 0.5) is 0 Å². The second-order valence-electron chi connectivity index (χ2n) is 1.96. The van der Waals surface area contributed by atoms with Gasteiger partial charge in [-0.05, 0) is 6.92 Å². The number of hydrogen-bond acceptors (Lipinski definition) is 4. The van der Waals surface area contributed by atoms with E-state index in [9.17, 15) is 0 Å². The van der Waals surface area contributed by atoms with Gasteiger partial charge in [-0.15, -0.1) is 12.4 Å². The summed E-state index contributed by atoms with van der Waals surface area (Å²) in [7, 11) is 0. The van der Waals surface area contributed by atoms with Crippen LogP contribution in [-0.4, -0.2) is 10.1 Å². The summed E-state index contributed by atoms with van der Waals surface area (Å²) in [6.07, 6.45) is 0. The van der Waals surface area contributed by atoms with Gasteiger partial charge in [0.1, 0.15) is 0 Å². The Bertz CT molecular complexity index is 199. The lowest BCUT2D eigenvalue weighted by atomic mass is 10.3. The van der Waals surface area contributed by atoms with Gasteiger partial charge < -0.3 is 10.3 Å². The zero-order valence-electron chi connectivity index (χ0n) is 5.87. The quantitative estimate of drug-likeness (QED) is 0.666. The summed E-state index contributed by atoms with van der Waals surface area (Å²) < 4.78 is 4.68. The van der Waals surface area contributed by atoms with Gasteiger partial charge in [0.2, 0.25) is 5.89 Å². The first-order valence-corrected chi connectivity index (χ1v) is 2.76. The predicted octanol–water partition coefficient (Wildman–Crippen LogP) is 0.820. The molecular weight excluding hydrogens is 154 g/mol. The summed E-state index contributed by atoms with van der Waals surface area (Å²) in [4.78, 5) is 3.91. The Balaban J connectivity index is 0.000000810. The molecule has 10 heavy (non-hydrogen) atoms. The van der Waals surface area contributed by atoms with E-state index in [0.717, 1.165) is 0 Å². The Morgan fingerprint density at radius 2 is 2.20 bits per heavy atom. The average Bonchev–Trinajstić information content (AvgIpc) is 2.14. The van der Waals surface area contributed by atoms with Gasteiger partial charge in [0.15, 0.2) is 5.82 Å². The summed E-state index contributed by atoms with van der Waals surface area (Å²) in [6.45, 7) is 3.54. The fraction of sp³-hybridized carbons (Fsp3) is 0.600. The largest absolute Gasteiger partial charge is 0.340 e. The van der Waals surface area contributed by atoms with Crippen LogP contribution in [0.5, 0.6) is 0 Å². The van der Waals surface area contributed by atoms with Crippen molar-refractivity contribution in [3.05, 3.63) is 11.7 Å². The molecule has 0 spiro atoms. The van der Waals surface area contributed by atoms with Crippen molar-refractivity contribution in [3.63, 3.8) is 0 Å². The van der Waals surface area contributed by atoms with Crippen molar-refractivity contribution in [3.8, 4) is 0 Å². The summed E-state index contributed by atoms with van der Waals surface area (Å²) in [6, 6.07) is -0.137. The second-order valence-corrected chi connectivity index (χ2v) is 1.96. The van der Waals surface area contributed by atoms with Crippen LogP contribution in [0, 0.1) is 6.92 Å². The molecule has 0 aliphatic rings. The van der Waals surface area contributed by atoms with E-state index < -0.39 is 0 Å². The highest BCUT2D eigenvalue weighted by molar-refractivity contribution is 5.85. The maximum absolute atomic E-state index is 5.44. The summed E-state index contributed by atoms with van der Waals surface area (Å²) in [5, 5.41) is 3.60. The van der Waals surface area contributed by atoms with Crippen LogP contribution >= 0.6 is 12.4 Å². The van der Waals surface area contributed by atoms with Gasteiger partial charge in [0, 0.05) is 6.92 Å². The van der Waals surface area contributed by atoms with Gasteiger partial charge in [-0.2, -0.15) is 4.98 Å². The van der Waals surface area contributed by atoms with Crippen molar-refractivity contribution in [1.29, 1.82) is 0 Å². The number of halogens is 1. The number of rotatable bonds is 1. The SMILES string of the molecule is Cc1nc([C@H](C)N)no1.Cl. The molecule has 0 unspecified atom stereocenters. The molecule has 0 saturated carbocycles. The van der Waals surface area contributed by atoms with Crippen molar-refractivity contribution < 1.29 is 4.52 Å². The van der Waals surface area contributed by atoms with E-state index in [2.05, 4.69) is 14.7 Å². The lowest BCUT2D eigenvalue weighted by Gasteiger charge is -1.91. The standard InChI is InChI=1S/C5H9N3O.ClH/c1-3(6)5-7-4(2)9-8-5;/h3H,6H2,1-2H3;1H/t3-;/m0./s1. The van der Waals surface area contributed by atoms with Crippen molar-refractivity contribution in [1.82, 2.24) is 10.1 Å². The molecule has 0 bridgehead atoms. The highest BCUT2D eigenvalue weighted by Gasteiger charge is 2.05. The first-order valence-electron chi connectivity index (χ1n) is 2.76.